The largest absolute Gasteiger partial charge is 0.465 e. The van der Waals surface area contributed by atoms with Crippen LogP contribution in [-0.4, -0.2) is 31.3 Å². The summed E-state index contributed by atoms with van der Waals surface area (Å²) in [5.74, 6) is -0.336. The van der Waals surface area contributed by atoms with Crippen LogP contribution < -0.4 is 5.32 Å². The SMILES string of the molecule is COC(=O)c1cccc(NCC2(CO)CC2)c1. The Balaban J connectivity index is 1.99. The van der Waals surface area contributed by atoms with E-state index in [-0.39, 0.29) is 18.0 Å². The Hall–Kier alpha value is -1.55. The van der Waals surface area contributed by atoms with Gasteiger partial charge in [-0.15, -0.1) is 0 Å². The van der Waals surface area contributed by atoms with Gasteiger partial charge < -0.3 is 15.2 Å². The Bertz CT molecular complexity index is 413. The summed E-state index contributed by atoms with van der Waals surface area (Å²) in [4.78, 5) is 11.3. The molecule has 0 radical (unpaired) electrons. The zero-order valence-corrected chi connectivity index (χ0v) is 9.90. The first-order chi connectivity index (χ1) is 8.19. The van der Waals surface area contributed by atoms with Crippen molar-refractivity contribution >= 4 is 11.7 Å². The van der Waals surface area contributed by atoms with Gasteiger partial charge in [-0.1, -0.05) is 6.07 Å². The lowest BCUT2D eigenvalue weighted by molar-refractivity contribution is 0.0601. The fraction of sp³-hybridized carbons (Fsp3) is 0.462. The standard InChI is InChI=1S/C13H17NO3/c1-17-12(16)10-3-2-4-11(7-10)14-8-13(9-15)5-6-13/h2-4,7,14-15H,5-6,8-9H2,1H3. The Morgan fingerprint density at radius 2 is 2.29 bits per heavy atom. The molecule has 0 atom stereocenters. The molecule has 0 unspecified atom stereocenters. The fourth-order valence-corrected chi connectivity index (χ4v) is 1.73. The summed E-state index contributed by atoms with van der Waals surface area (Å²) >= 11 is 0. The van der Waals surface area contributed by atoms with Crippen LogP contribution in [0.3, 0.4) is 0 Å². The lowest BCUT2D eigenvalue weighted by atomic mass is 10.1. The van der Waals surface area contributed by atoms with Crippen LogP contribution in [0.5, 0.6) is 0 Å². The second-order valence-electron chi connectivity index (χ2n) is 4.58. The summed E-state index contributed by atoms with van der Waals surface area (Å²) in [6.07, 6.45) is 2.13. The molecule has 4 heteroatoms. The number of methoxy groups -OCH3 is 1. The van der Waals surface area contributed by atoms with Crippen LogP contribution in [0, 0.1) is 5.41 Å². The van der Waals surface area contributed by atoms with E-state index in [2.05, 4.69) is 10.1 Å². The number of aliphatic hydroxyl groups is 1. The molecule has 92 valence electrons. The van der Waals surface area contributed by atoms with E-state index >= 15 is 0 Å². The summed E-state index contributed by atoms with van der Waals surface area (Å²) in [5, 5.41) is 12.5. The molecule has 17 heavy (non-hydrogen) atoms. The summed E-state index contributed by atoms with van der Waals surface area (Å²) < 4.78 is 4.66. The molecule has 0 bridgehead atoms. The maximum atomic E-state index is 11.3. The molecule has 4 nitrogen and oxygen atoms in total. The van der Waals surface area contributed by atoms with Gasteiger partial charge in [0.2, 0.25) is 0 Å². The van der Waals surface area contributed by atoms with Crippen molar-refractivity contribution in [3.05, 3.63) is 29.8 Å². The molecule has 1 saturated carbocycles. The lowest BCUT2D eigenvalue weighted by Crippen LogP contribution is -2.19. The van der Waals surface area contributed by atoms with Crippen LogP contribution in [0.2, 0.25) is 0 Å². The summed E-state index contributed by atoms with van der Waals surface area (Å²) in [6, 6.07) is 7.20. The molecule has 1 aromatic carbocycles. The minimum Gasteiger partial charge on any atom is -0.465 e. The number of hydrogen-bond donors (Lipinski definition) is 2. The molecule has 0 saturated heterocycles. The van der Waals surface area contributed by atoms with E-state index in [1.165, 1.54) is 7.11 Å². The van der Waals surface area contributed by atoms with Gasteiger partial charge in [-0.25, -0.2) is 4.79 Å². The highest BCUT2D eigenvalue weighted by Crippen LogP contribution is 2.44. The van der Waals surface area contributed by atoms with Crippen LogP contribution in [0.15, 0.2) is 24.3 Å². The number of ether oxygens (including phenoxy) is 1. The molecule has 2 rings (SSSR count). The second kappa shape index (κ2) is 4.75. The fourth-order valence-electron chi connectivity index (χ4n) is 1.73. The van der Waals surface area contributed by atoms with Crippen molar-refractivity contribution in [2.75, 3.05) is 25.6 Å². The minimum absolute atomic E-state index is 0.0568. The zero-order chi connectivity index (χ0) is 12.3. The van der Waals surface area contributed by atoms with Crippen LogP contribution in [0.1, 0.15) is 23.2 Å². The van der Waals surface area contributed by atoms with Crippen molar-refractivity contribution in [3.8, 4) is 0 Å². The van der Waals surface area contributed by atoms with Gasteiger partial charge in [0.05, 0.1) is 19.3 Å². The van der Waals surface area contributed by atoms with Crippen molar-refractivity contribution in [1.82, 2.24) is 0 Å². The third kappa shape index (κ3) is 2.77. The number of esters is 1. The number of rotatable bonds is 5. The highest BCUT2D eigenvalue weighted by Gasteiger charge is 2.41. The molecule has 1 aliphatic rings. The maximum Gasteiger partial charge on any atom is 0.337 e. The molecule has 0 heterocycles. The van der Waals surface area contributed by atoms with Gasteiger partial charge in [-0.05, 0) is 31.0 Å². The number of anilines is 1. The smallest absolute Gasteiger partial charge is 0.337 e. The van der Waals surface area contributed by atoms with E-state index in [1.807, 2.05) is 12.1 Å². The first-order valence-electron chi connectivity index (χ1n) is 5.72. The van der Waals surface area contributed by atoms with Crippen molar-refractivity contribution in [2.45, 2.75) is 12.8 Å². The molecule has 0 aromatic heterocycles. The molecular formula is C13H17NO3. The van der Waals surface area contributed by atoms with Gasteiger partial charge in [0.25, 0.3) is 0 Å². The van der Waals surface area contributed by atoms with Gasteiger partial charge in [0.1, 0.15) is 0 Å². The third-order valence-electron chi connectivity index (χ3n) is 3.24. The van der Waals surface area contributed by atoms with E-state index in [0.29, 0.717) is 5.56 Å². The van der Waals surface area contributed by atoms with Crippen LogP contribution in [0.4, 0.5) is 5.69 Å². The van der Waals surface area contributed by atoms with E-state index in [9.17, 15) is 9.90 Å². The number of carbonyl (C=O) groups is 1. The Morgan fingerprint density at radius 3 is 2.88 bits per heavy atom. The van der Waals surface area contributed by atoms with E-state index in [1.54, 1.807) is 12.1 Å². The molecule has 2 N–H and O–H groups in total. The average Bonchev–Trinajstić information content (AvgIpc) is 3.16. The monoisotopic (exact) mass is 235 g/mol. The predicted octanol–water partition coefficient (Wildman–Crippen LogP) is 1.66. The minimum atomic E-state index is -0.336. The number of benzene rings is 1. The second-order valence-corrected chi connectivity index (χ2v) is 4.58. The van der Waals surface area contributed by atoms with Crippen molar-refractivity contribution in [2.24, 2.45) is 5.41 Å². The molecule has 0 amide bonds. The normalized spacial score (nSPS) is 16.4. The maximum absolute atomic E-state index is 11.3. The topological polar surface area (TPSA) is 58.6 Å². The highest BCUT2D eigenvalue weighted by atomic mass is 16.5. The lowest BCUT2D eigenvalue weighted by Gasteiger charge is -2.14. The number of hydrogen-bond acceptors (Lipinski definition) is 4. The molecule has 0 spiro atoms. The third-order valence-corrected chi connectivity index (χ3v) is 3.24. The summed E-state index contributed by atoms with van der Waals surface area (Å²) in [6.45, 7) is 0.963. The van der Waals surface area contributed by atoms with E-state index < -0.39 is 0 Å². The summed E-state index contributed by atoms with van der Waals surface area (Å²) in [5.41, 5.74) is 1.47. The van der Waals surface area contributed by atoms with Crippen molar-refractivity contribution < 1.29 is 14.6 Å². The van der Waals surface area contributed by atoms with Gasteiger partial charge >= 0.3 is 5.97 Å². The number of nitrogens with one attached hydrogen (secondary N) is 1. The van der Waals surface area contributed by atoms with Crippen LogP contribution in [0.25, 0.3) is 0 Å². The number of carbonyl (C=O) groups excluding carboxylic acids is 1. The Morgan fingerprint density at radius 1 is 1.53 bits per heavy atom. The van der Waals surface area contributed by atoms with Gasteiger partial charge in [-0.2, -0.15) is 0 Å². The molecule has 1 fully saturated rings. The predicted molar refractivity (Wildman–Crippen MR) is 65.0 cm³/mol. The van der Waals surface area contributed by atoms with E-state index in [4.69, 9.17) is 0 Å². The average molecular weight is 235 g/mol. The molecule has 1 aromatic rings. The summed E-state index contributed by atoms with van der Waals surface area (Å²) in [7, 11) is 1.37. The van der Waals surface area contributed by atoms with Gasteiger partial charge in [0, 0.05) is 17.6 Å². The van der Waals surface area contributed by atoms with E-state index in [0.717, 1.165) is 25.1 Å². The zero-order valence-electron chi connectivity index (χ0n) is 9.90. The molecular weight excluding hydrogens is 218 g/mol. The van der Waals surface area contributed by atoms with Gasteiger partial charge in [0.15, 0.2) is 0 Å². The van der Waals surface area contributed by atoms with Crippen LogP contribution >= 0.6 is 0 Å². The Labute approximate surface area is 101 Å². The Kier molecular flexibility index (Phi) is 3.33. The van der Waals surface area contributed by atoms with Crippen LogP contribution in [-0.2, 0) is 4.74 Å². The quantitative estimate of drug-likeness (QED) is 0.762. The van der Waals surface area contributed by atoms with Crippen molar-refractivity contribution in [1.29, 1.82) is 0 Å². The molecule has 1 aliphatic carbocycles. The molecule has 0 aliphatic heterocycles. The van der Waals surface area contributed by atoms with Crippen molar-refractivity contribution in [3.63, 3.8) is 0 Å². The first-order valence-corrected chi connectivity index (χ1v) is 5.72. The number of aliphatic hydroxyl groups excluding tert-OH is 1. The highest BCUT2D eigenvalue weighted by molar-refractivity contribution is 5.90. The van der Waals surface area contributed by atoms with Gasteiger partial charge in [-0.3, -0.25) is 0 Å². The first kappa shape index (κ1) is 11.9.